The van der Waals surface area contributed by atoms with Gasteiger partial charge in [-0.3, -0.25) is 0 Å². The first-order chi connectivity index (χ1) is 12.2. The summed E-state index contributed by atoms with van der Waals surface area (Å²) < 4.78 is 0. The SMILES string of the molecule is CCCc1cc(O)cc(C(C)C)c1-c1c(C(C)C)cc(O)cc1C(C)C. The average molecular weight is 355 g/mol. The Bertz CT molecular complexity index is 741. The Morgan fingerprint density at radius 3 is 1.42 bits per heavy atom. The molecule has 0 radical (unpaired) electrons. The summed E-state index contributed by atoms with van der Waals surface area (Å²) in [5.41, 5.74) is 7.25. The van der Waals surface area contributed by atoms with Crippen molar-refractivity contribution in [3.05, 3.63) is 46.5 Å². The number of rotatable bonds is 6. The number of aromatic hydroxyl groups is 2. The molecule has 0 fully saturated rings. The third kappa shape index (κ3) is 4.06. The second-order valence-corrected chi connectivity index (χ2v) is 8.28. The van der Waals surface area contributed by atoms with Gasteiger partial charge in [-0.2, -0.15) is 0 Å². The molecule has 2 nitrogen and oxygen atoms in total. The van der Waals surface area contributed by atoms with Gasteiger partial charge in [0.25, 0.3) is 0 Å². The molecule has 0 heterocycles. The van der Waals surface area contributed by atoms with Crippen LogP contribution in [-0.2, 0) is 6.42 Å². The van der Waals surface area contributed by atoms with Crippen LogP contribution in [0.25, 0.3) is 11.1 Å². The largest absolute Gasteiger partial charge is 0.508 e. The molecule has 0 bridgehead atoms. The van der Waals surface area contributed by atoms with Crippen LogP contribution in [-0.4, -0.2) is 10.2 Å². The van der Waals surface area contributed by atoms with E-state index in [0.717, 1.165) is 12.8 Å². The van der Waals surface area contributed by atoms with E-state index in [4.69, 9.17) is 0 Å². The van der Waals surface area contributed by atoms with Crippen molar-refractivity contribution in [2.45, 2.75) is 79.1 Å². The van der Waals surface area contributed by atoms with E-state index in [1.165, 1.54) is 33.4 Å². The Labute approximate surface area is 158 Å². The van der Waals surface area contributed by atoms with E-state index in [2.05, 4.69) is 48.5 Å². The number of phenols is 2. The topological polar surface area (TPSA) is 40.5 Å². The highest BCUT2D eigenvalue weighted by Gasteiger charge is 2.23. The van der Waals surface area contributed by atoms with Crippen molar-refractivity contribution in [3.63, 3.8) is 0 Å². The van der Waals surface area contributed by atoms with Crippen molar-refractivity contribution in [2.75, 3.05) is 0 Å². The molecule has 2 heteroatoms. The number of benzene rings is 2. The molecule has 2 aromatic rings. The van der Waals surface area contributed by atoms with E-state index in [1.807, 2.05) is 24.3 Å². The van der Waals surface area contributed by atoms with E-state index < -0.39 is 0 Å². The third-order valence-corrected chi connectivity index (χ3v) is 5.05. The molecule has 0 aliphatic rings. The average Bonchev–Trinajstić information content (AvgIpc) is 2.54. The van der Waals surface area contributed by atoms with Gasteiger partial charge in [-0.15, -0.1) is 0 Å². The lowest BCUT2D eigenvalue weighted by Crippen LogP contribution is -2.06. The Kier molecular flexibility index (Phi) is 6.39. The maximum atomic E-state index is 10.3. The quantitative estimate of drug-likeness (QED) is 0.581. The lowest BCUT2D eigenvalue weighted by Gasteiger charge is -2.26. The van der Waals surface area contributed by atoms with E-state index in [0.29, 0.717) is 29.3 Å². The highest BCUT2D eigenvalue weighted by atomic mass is 16.3. The maximum absolute atomic E-state index is 10.3. The first kappa shape index (κ1) is 20.4. The van der Waals surface area contributed by atoms with Crippen molar-refractivity contribution in [1.29, 1.82) is 0 Å². The Balaban J connectivity index is 2.99. The number of phenolic OH excluding ortho intramolecular Hbond substituents is 2. The van der Waals surface area contributed by atoms with Crippen LogP contribution in [0.3, 0.4) is 0 Å². The van der Waals surface area contributed by atoms with Crippen molar-refractivity contribution < 1.29 is 10.2 Å². The standard InChI is InChI=1S/C24H34O2/c1-8-9-17-10-18(25)11-20(14(2)3)23(17)24-21(15(4)5)12-19(26)13-22(24)16(6)7/h10-16,25-26H,8-9H2,1-7H3. The van der Waals surface area contributed by atoms with Crippen LogP contribution >= 0.6 is 0 Å². The molecule has 0 atom stereocenters. The molecule has 2 rings (SSSR count). The fourth-order valence-corrected chi connectivity index (χ4v) is 3.81. The van der Waals surface area contributed by atoms with Gasteiger partial charge in [-0.05, 0) is 81.8 Å². The van der Waals surface area contributed by atoms with Crippen LogP contribution in [0.2, 0.25) is 0 Å². The molecule has 0 amide bonds. The molecule has 2 aromatic carbocycles. The predicted molar refractivity (Wildman–Crippen MR) is 111 cm³/mol. The molecule has 142 valence electrons. The van der Waals surface area contributed by atoms with Gasteiger partial charge in [0.2, 0.25) is 0 Å². The lowest BCUT2D eigenvalue weighted by atomic mass is 9.79. The predicted octanol–water partition coefficient (Wildman–Crippen LogP) is 7.09. The molecular formula is C24H34O2. The molecule has 0 saturated heterocycles. The fourth-order valence-electron chi connectivity index (χ4n) is 3.81. The molecular weight excluding hydrogens is 320 g/mol. The zero-order valence-electron chi connectivity index (χ0n) is 17.4. The lowest BCUT2D eigenvalue weighted by molar-refractivity contribution is 0.472. The van der Waals surface area contributed by atoms with Crippen LogP contribution in [0.4, 0.5) is 0 Å². The fraction of sp³-hybridized carbons (Fsp3) is 0.500. The molecule has 0 aliphatic carbocycles. The molecule has 0 saturated carbocycles. The highest BCUT2D eigenvalue weighted by Crippen LogP contribution is 2.44. The Hall–Kier alpha value is -1.96. The highest BCUT2D eigenvalue weighted by molar-refractivity contribution is 5.80. The van der Waals surface area contributed by atoms with Gasteiger partial charge in [0.15, 0.2) is 0 Å². The first-order valence-corrected chi connectivity index (χ1v) is 9.90. The normalized spacial score (nSPS) is 11.8. The summed E-state index contributed by atoms with van der Waals surface area (Å²) in [4.78, 5) is 0. The summed E-state index contributed by atoms with van der Waals surface area (Å²) in [6.45, 7) is 15.2. The van der Waals surface area contributed by atoms with Crippen LogP contribution in [0.15, 0.2) is 24.3 Å². The third-order valence-electron chi connectivity index (χ3n) is 5.05. The van der Waals surface area contributed by atoms with Crippen molar-refractivity contribution in [1.82, 2.24) is 0 Å². The van der Waals surface area contributed by atoms with Crippen LogP contribution in [0, 0.1) is 0 Å². The van der Waals surface area contributed by atoms with Gasteiger partial charge < -0.3 is 10.2 Å². The van der Waals surface area contributed by atoms with Crippen molar-refractivity contribution >= 4 is 0 Å². The van der Waals surface area contributed by atoms with Gasteiger partial charge in [-0.25, -0.2) is 0 Å². The minimum atomic E-state index is 0.304. The van der Waals surface area contributed by atoms with E-state index in [9.17, 15) is 10.2 Å². The van der Waals surface area contributed by atoms with Gasteiger partial charge in [0.1, 0.15) is 11.5 Å². The van der Waals surface area contributed by atoms with Crippen LogP contribution in [0.1, 0.15) is 94.9 Å². The minimum Gasteiger partial charge on any atom is -0.508 e. The van der Waals surface area contributed by atoms with E-state index in [-0.39, 0.29) is 0 Å². The number of hydrogen-bond acceptors (Lipinski definition) is 2. The molecule has 0 aliphatic heterocycles. The Morgan fingerprint density at radius 1 is 0.654 bits per heavy atom. The zero-order valence-corrected chi connectivity index (χ0v) is 17.4. The van der Waals surface area contributed by atoms with Crippen molar-refractivity contribution in [2.24, 2.45) is 0 Å². The van der Waals surface area contributed by atoms with Gasteiger partial charge >= 0.3 is 0 Å². The first-order valence-electron chi connectivity index (χ1n) is 9.90. The monoisotopic (exact) mass is 354 g/mol. The summed E-state index contributed by atoms with van der Waals surface area (Å²) in [5.74, 6) is 1.59. The summed E-state index contributed by atoms with van der Waals surface area (Å²) in [7, 11) is 0. The molecule has 0 spiro atoms. The smallest absolute Gasteiger partial charge is 0.116 e. The summed E-state index contributed by atoms with van der Waals surface area (Å²) in [6.07, 6.45) is 1.96. The zero-order chi connectivity index (χ0) is 19.6. The van der Waals surface area contributed by atoms with E-state index in [1.54, 1.807) is 0 Å². The maximum Gasteiger partial charge on any atom is 0.116 e. The molecule has 2 N–H and O–H groups in total. The van der Waals surface area contributed by atoms with Crippen LogP contribution < -0.4 is 0 Å². The van der Waals surface area contributed by atoms with Crippen LogP contribution in [0.5, 0.6) is 11.5 Å². The molecule has 0 unspecified atom stereocenters. The summed E-state index contributed by atoms with van der Waals surface area (Å²) in [5, 5.41) is 20.6. The molecule has 0 aromatic heterocycles. The minimum absolute atomic E-state index is 0.304. The van der Waals surface area contributed by atoms with Gasteiger partial charge in [-0.1, -0.05) is 54.9 Å². The van der Waals surface area contributed by atoms with Gasteiger partial charge in [0.05, 0.1) is 0 Å². The number of hydrogen-bond donors (Lipinski definition) is 2. The molecule has 26 heavy (non-hydrogen) atoms. The second kappa shape index (κ2) is 8.16. The summed E-state index contributed by atoms with van der Waals surface area (Å²) in [6, 6.07) is 7.67. The van der Waals surface area contributed by atoms with Crippen molar-refractivity contribution in [3.8, 4) is 22.6 Å². The number of aryl methyl sites for hydroxylation is 1. The van der Waals surface area contributed by atoms with Gasteiger partial charge in [0, 0.05) is 0 Å². The van der Waals surface area contributed by atoms with E-state index >= 15 is 0 Å². The Morgan fingerprint density at radius 2 is 1.04 bits per heavy atom. The second-order valence-electron chi connectivity index (χ2n) is 8.28. The summed E-state index contributed by atoms with van der Waals surface area (Å²) >= 11 is 0.